The molecule has 1 aliphatic heterocycles. The van der Waals surface area contributed by atoms with E-state index < -0.39 is 0 Å². The molecule has 16 heavy (non-hydrogen) atoms. The Morgan fingerprint density at radius 2 is 2.38 bits per heavy atom. The highest BCUT2D eigenvalue weighted by molar-refractivity contribution is 9.10. The third-order valence-corrected chi connectivity index (χ3v) is 3.45. The summed E-state index contributed by atoms with van der Waals surface area (Å²) in [5, 5.41) is 9.19. The van der Waals surface area contributed by atoms with Gasteiger partial charge in [-0.1, -0.05) is 13.8 Å². The summed E-state index contributed by atoms with van der Waals surface area (Å²) in [5.74, 6) is 2.08. The van der Waals surface area contributed by atoms with Crippen LogP contribution < -0.4 is 4.90 Å². The van der Waals surface area contributed by atoms with Gasteiger partial charge in [-0.3, -0.25) is 0 Å². The van der Waals surface area contributed by atoms with Crippen LogP contribution in [-0.2, 0) is 0 Å². The molecule has 0 radical (unpaired) electrons. The third-order valence-electron chi connectivity index (χ3n) is 2.89. The quantitative estimate of drug-likeness (QED) is 0.922. The van der Waals surface area contributed by atoms with E-state index in [9.17, 15) is 5.11 Å². The molecule has 0 saturated carbocycles. The number of hydrogen-bond acceptors (Lipinski definition) is 4. The van der Waals surface area contributed by atoms with Crippen LogP contribution in [0, 0.1) is 0 Å². The number of hydrogen-bond donors (Lipinski definition) is 1. The molecule has 1 aromatic rings. The first kappa shape index (κ1) is 11.8. The summed E-state index contributed by atoms with van der Waals surface area (Å²) < 4.78 is 0.898. The zero-order valence-corrected chi connectivity index (χ0v) is 11.1. The molecule has 1 N–H and O–H groups in total. The van der Waals surface area contributed by atoms with Gasteiger partial charge in [0.05, 0.1) is 17.1 Å². The predicted octanol–water partition coefficient (Wildman–Crippen LogP) is 1.93. The number of nitrogens with zero attached hydrogens (tertiary/aromatic N) is 3. The Balaban J connectivity index is 2.28. The lowest BCUT2D eigenvalue weighted by Crippen LogP contribution is -2.50. The van der Waals surface area contributed by atoms with Crippen LogP contribution in [0.25, 0.3) is 0 Å². The van der Waals surface area contributed by atoms with E-state index >= 15 is 0 Å². The third kappa shape index (κ3) is 2.06. The number of aliphatic hydroxyl groups excluding tert-OH is 1. The molecular formula is C11H16BrN3O. The maximum absolute atomic E-state index is 9.19. The van der Waals surface area contributed by atoms with Crippen LogP contribution >= 0.6 is 15.9 Å². The number of aliphatic hydroxyl groups is 1. The van der Waals surface area contributed by atoms with Crippen molar-refractivity contribution in [3.63, 3.8) is 0 Å². The van der Waals surface area contributed by atoms with Crippen molar-refractivity contribution in [3.05, 3.63) is 16.5 Å². The van der Waals surface area contributed by atoms with Crippen molar-refractivity contribution in [1.82, 2.24) is 9.97 Å². The Bertz CT molecular complexity index is 381. The van der Waals surface area contributed by atoms with Gasteiger partial charge in [0, 0.05) is 18.7 Å². The van der Waals surface area contributed by atoms with Crippen molar-refractivity contribution in [2.24, 2.45) is 0 Å². The van der Waals surface area contributed by atoms with Crippen LogP contribution in [0.3, 0.4) is 0 Å². The van der Waals surface area contributed by atoms with Gasteiger partial charge in [0.15, 0.2) is 0 Å². The summed E-state index contributed by atoms with van der Waals surface area (Å²) in [4.78, 5) is 11.0. The Kier molecular flexibility index (Phi) is 3.44. The molecule has 1 fully saturated rings. The van der Waals surface area contributed by atoms with Gasteiger partial charge in [0.25, 0.3) is 0 Å². The molecule has 1 atom stereocenters. The fourth-order valence-corrected chi connectivity index (χ4v) is 2.18. The fraction of sp³-hybridized carbons (Fsp3) is 0.636. The standard InChI is InChI=1S/C11H16BrN3O/c1-7(2)10-13-5-9(12)11(14-10)15-4-3-8(15)6-16/h5,7-8,16H,3-4,6H2,1-2H3. The van der Waals surface area contributed by atoms with Crippen LogP contribution in [0.1, 0.15) is 32.0 Å². The zero-order chi connectivity index (χ0) is 11.7. The van der Waals surface area contributed by atoms with E-state index in [4.69, 9.17) is 0 Å². The molecule has 4 nitrogen and oxygen atoms in total. The first-order valence-electron chi connectivity index (χ1n) is 5.53. The van der Waals surface area contributed by atoms with Gasteiger partial charge in [-0.25, -0.2) is 9.97 Å². The Morgan fingerprint density at radius 3 is 2.88 bits per heavy atom. The highest BCUT2D eigenvalue weighted by Crippen LogP contribution is 2.31. The second kappa shape index (κ2) is 4.67. The number of anilines is 1. The zero-order valence-electron chi connectivity index (χ0n) is 9.52. The molecule has 1 saturated heterocycles. The normalized spacial score (nSPS) is 20.1. The Hall–Kier alpha value is -0.680. The van der Waals surface area contributed by atoms with Gasteiger partial charge >= 0.3 is 0 Å². The van der Waals surface area contributed by atoms with E-state index in [-0.39, 0.29) is 12.6 Å². The van der Waals surface area contributed by atoms with Gasteiger partial charge < -0.3 is 10.0 Å². The fourth-order valence-electron chi connectivity index (χ4n) is 1.76. The molecule has 0 aliphatic carbocycles. The number of rotatable bonds is 3. The SMILES string of the molecule is CC(C)c1ncc(Br)c(N2CCC2CO)n1. The van der Waals surface area contributed by atoms with E-state index in [1.807, 2.05) is 0 Å². The molecule has 2 heterocycles. The van der Waals surface area contributed by atoms with E-state index in [0.717, 1.165) is 29.1 Å². The first-order valence-corrected chi connectivity index (χ1v) is 6.32. The average Bonchev–Trinajstić information content (AvgIpc) is 2.20. The topological polar surface area (TPSA) is 49.2 Å². The van der Waals surface area contributed by atoms with Gasteiger partial charge in [-0.2, -0.15) is 0 Å². The molecule has 0 amide bonds. The Labute approximate surface area is 104 Å². The van der Waals surface area contributed by atoms with Crippen LogP contribution in [0.4, 0.5) is 5.82 Å². The Morgan fingerprint density at radius 1 is 1.62 bits per heavy atom. The molecule has 0 bridgehead atoms. The van der Waals surface area contributed by atoms with Crippen LogP contribution in [-0.4, -0.2) is 34.3 Å². The molecule has 5 heteroatoms. The van der Waals surface area contributed by atoms with Crippen molar-refractivity contribution in [1.29, 1.82) is 0 Å². The summed E-state index contributed by atoms with van der Waals surface area (Å²) in [6.07, 6.45) is 2.83. The molecule has 0 aromatic carbocycles. The van der Waals surface area contributed by atoms with Crippen molar-refractivity contribution in [3.8, 4) is 0 Å². The van der Waals surface area contributed by atoms with E-state index in [1.54, 1.807) is 6.20 Å². The lowest BCUT2D eigenvalue weighted by atomic mass is 10.0. The lowest BCUT2D eigenvalue weighted by molar-refractivity contribution is 0.225. The van der Waals surface area contributed by atoms with Gasteiger partial charge in [-0.05, 0) is 22.4 Å². The number of halogens is 1. The van der Waals surface area contributed by atoms with Gasteiger partial charge in [-0.15, -0.1) is 0 Å². The minimum absolute atomic E-state index is 0.188. The second-order valence-corrected chi connectivity index (χ2v) is 5.23. The minimum atomic E-state index is 0.188. The maximum Gasteiger partial charge on any atom is 0.147 e. The lowest BCUT2D eigenvalue weighted by Gasteiger charge is -2.41. The minimum Gasteiger partial charge on any atom is -0.394 e. The van der Waals surface area contributed by atoms with Crippen molar-refractivity contribution >= 4 is 21.7 Å². The number of aromatic nitrogens is 2. The van der Waals surface area contributed by atoms with Gasteiger partial charge in [0.1, 0.15) is 11.6 Å². The maximum atomic E-state index is 9.19. The largest absolute Gasteiger partial charge is 0.394 e. The van der Waals surface area contributed by atoms with Crippen LogP contribution in [0.2, 0.25) is 0 Å². The van der Waals surface area contributed by atoms with Gasteiger partial charge in [0.2, 0.25) is 0 Å². The van der Waals surface area contributed by atoms with Crippen molar-refractivity contribution < 1.29 is 5.11 Å². The highest BCUT2D eigenvalue weighted by Gasteiger charge is 2.30. The monoisotopic (exact) mass is 285 g/mol. The van der Waals surface area contributed by atoms with Crippen LogP contribution in [0.15, 0.2) is 10.7 Å². The molecular weight excluding hydrogens is 270 g/mol. The van der Waals surface area contributed by atoms with Crippen molar-refractivity contribution in [2.45, 2.75) is 32.2 Å². The smallest absolute Gasteiger partial charge is 0.147 e. The van der Waals surface area contributed by atoms with E-state index in [2.05, 4.69) is 44.6 Å². The molecule has 0 spiro atoms. The average molecular weight is 286 g/mol. The summed E-state index contributed by atoms with van der Waals surface area (Å²) in [6.45, 7) is 5.30. The molecule has 88 valence electrons. The van der Waals surface area contributed by atoms with E-state index in [0.29, 0.717) is 5.92 Å². The van der Waals surface area contributed by atoms with Crippen molar-refractivity contribution in [2.75, 3.05) is 18.1 Å². The molecule has 1 aromatic heterocycles. The second-order valence-electron chi connectivity index (χ2n) is 4.37. The van der Waals surface area contributed by atoms with E-state index in [1.165, 1.54) is 0 Å². The molecule has 1 aliphatic rings. The molecule has 2 rings (SSSR count). The predicted molar refractivity (Wildman–Crippen MR) is 66.7 cm³/mol. The first-order chi connectivity index (χ1) is 7.63. The molecule has 1 unspecified atom stereocenters. The summed E-state index contributed by atoms with van der Waals surface area (Å²) in [6, 6.07) is 0.214. The highest BCUT2D eigenvalue weighted by atomic mass is 79.9. The summed E-state index contributed by atoms with van der Waals surface area (Å²) >= 11 is 3.46. The summed E-state index contributed by atoms with van der Waals surface area (Å²) in [5.41, 5.74) is 0. The summed E-state index contributed by atoms with van der Waals surface area (Å²) in [7, 11) is 0. The van der Waals surface area contributed by atoms with Crippen LogP contribution in [0.5, 0.6) is 0 Å².